The number of carbonyl (C=O) groups is 3. The highest BCUT2D eigenvalue weighted by molar-refractivity contribution is 7.88. The molecule has 0 saturated heterocycles. The van der Waals surface area contributed by atoms with Crippen LogP contribution in [0.5, 0.6) is 5.75 Å². The molecule has 0 spiro atoms. The number of benzene rings is 3. The second kappa shape index (κ2) is 15.1. The summed E-state index contributed by atoms with van der Waals surface area (Å²) in [6.45, 7) is -0.138. The van der Waals surface area contributed by atoms with Gasteiger partial charge in [0.15, 0.2) is 6.61 Å². The number of amides is 2. The van der Waals surface area contributed by atoms with Crippen molar-refractivity contribution in [3.63, 3.8) is 0 Å². The smallest absolute Gasteiger partial charge is 0.341 e. The van der Waals surface area contributed by atoms with Crippen LogP contribution in [0.4, 0.5) is 0 Å². The van der Waals surface area contributed by atoms with Crippen LogP contribution in [0.2, 0.25) is 10.0 Å². The van der Waals surface area contributed by atoms with Gasteiger partial charge < -0.3 is 20.1 Å². The van der Waals surface area contributed by atoms with Gasteiger partial charge in [0.05, 0.1) is 12.3 Å². The first kappa shape index (κ1) is 34.7. The molecule has 4 atom stereocenters. The number of halogens is 2. The highest BCUT2D eigenvalue weighted by atomic mass is 35.5. The van der Waals surface area contributed by atoms with Crippen LogP contribution in [0.3, 0.4) is 0 Å². The lowest BCUT2D eigenvalue weighted by molar-refractivity contribution is -0.139. The van der Waals surface area contributed by atoms with Gasteiger partial charge in [-0.05, 0) is 66.3 Å². The molecule has 2 aliphatic rings. The molecule has 1 heterocycles. The van der Waals surface area contributed by atoms with Gasteiger partial charge in [-0.15, -0.1) is 0 Å². The lowest BCUT2D eigenvalue weighted by Crippen LogP contribution is -2.58. The van der Waals surface area contributed by atoms with E-state index in [0.29, 0.717) is 58.3 Å². The third kappa shape index (κ3) is 8.64. The fourth-order valence-corrected chi connectivity index (χ4v) is 8.09. The third-order valence-electron chi connectivity index (χ3n) is 8.64. The van der Waals surface area contributed by atoms with Crippen LogP contribution >= 0.6 is 23.2 Å². The monoisotopic (exact) mass is 701 g/mol. The van der Waals surface area contributed by atoms with Gasteiger partial charge in [-0.3, -0.25) is 9.59 Å². The number of ether oxygens (including phenoxy) is 1. The maximum atomic E-state index is 14.4. The number of nitrogens with zero attached hydrogens (tertiary/aromatic N) is 1. The Morgan fingerprint density at radius 2 is 1.77 bits per heavy atom. The van der Waals surface area contributed by atoms with E-state index in [1.165, 1.54) is 0 Å². The van der Waals surface area contributed by atoms with Gasteiger partial charge in [-0.2, -0.15) is 0 Å². The summed E-state index contributed by atoms with van der Waals surface area (Å²) in [5.74, 6) is -1.63. The van der Waals surface area contributed by atoms with Crippen molar-refractivity contribution in [2.75, 3.05) is 19.4 Å². The van der Waals surface area contributed by atoms with Gasteiger partial charge in [0.25, 0.3) is 5.91 Å². The van der Waals surface area contributed by atoms with Crippen LogP contribution < -0.4 is 14.8 Å². The fraction of sp³-hybridized carbons (Fsp3) is 0.382. The molecule has 5 rings (SSSR count). The van der Waals surface area contributed by atoms with Gasteiger partial charge in [-0.1, -0.05) is 72.4 Å². The van der Waals surface area contributed by atoms with Crippen LogP contribution in [-0.4, -0.2) is 67.7 Å². The van der Waals surface area contributed by atoms with Gasteiger partial charge in [-0.25, -0.2) is 17.9 Å². The van der Waals surface area contributed by atoms with Crippen molar-refractivity contribution in [3.8, 4) is 5.75 Å². The standard InChI is InChI=1S/C34H37Cl2N3O7S/c1-47(44,45)38-29-11-4-5-12-30(29)39-33(26-14-13-22(35)18-28(26)36)27(24-9-2-3-10-25(24)34(39)43)19-31(40)37-16-15-21-7-6-8-23(17-21)46-20-32(41)42/h2-3,6-10,13-14,17-18,27,29-30,33,38H,4-5,11-12,15-16,19-20H2,1H3,(H,37,40)(H,41,42)/t27-,29+,30+,33+/m1/s1. The van der Waals surface area contributed by atoms with Crippen LogP contribution in [0.15, 0.2) is 66.7 Å². The summed E-state index contributed by atoms with van der Waals surface area (Å²) < 4.78 is 32.9. The van der Waals surface area contributed by atoms with Gasteiger partial charge >= 0.3 is 5.97 Å². The Labute approximate surface area is 284 Å². The van der Waals surface area contributed by atoms with Crippen molar-refractivity contribution in [3.05, 3.63) is 99.0 Å². The summed E-state index contributed by atoms with van der Waals surface area (Å²) in [7, 11) is -3.57. The molecule has 47 heavy (non-hydrogen) atoms. The minimum absolute atomic E-state index is 0.0308. The highest BCUT2D eigenvalue weighted by Crippen LogP contribution is 2.49. The number of nitrogens with one attached hydrogen (secondary N) is 2. The van der Waals surface area contributed by atoms with E-state index >= 15 is 0 Å². The number of fused-ring (bicyclic) bond motifs is 1. The first-order chi connectivity index (χ1) is 22.4. The summed E-state index contributed by atoms with van der Waals surface area (Å²) in [6.07, 6.45) is 4.40. The van der Waals surface area contributed by atoms with Crippen molar-refractivity contribution in [2.24, 2.45) is 0 Å². The van der Waals surface area contributed by atoms with Crippen LogP contribution in [0.1, 0.15) is 71.1 Å². The molecule has 10 nitrogen and oxygen atoms in total. The highest BCUT2D eigenvalue weighted by Gasteiger charge is 2.47. The fourth-order valence-electron chi connectivity index (χ4n) is 6.74. The number of sulfonamides is 1. The first-order valence-electron chi connectivity index (χ1n) is 15.5. The zero-order valence-corrected chi connectivity index (χ0v) is 28.2. The number of aliphatic carboxylic acids is 1. The van der Waals surface area contributed by atoms with Crippen molar-refractivity contribution >= 4 is 51.0 Å². The molecule has 1 saturated carbocycles. The number of rotatable bonds is 12. The Kier molecular flexibility index (Phi) is 11.1. The summed E-state index contributed by atoms with van der Waals surface area (Å²) in [5, 5.41) is 12.7. The van der Waals surface area contributed by atoms with E-state index in [-0.39, 0.29) is 18.2 Å². The van der Waals surface area contributed by atoms with E-state index in [2.05, 4.69) is 10.0 Å². The molecule has 250 valence electrons. The van der Waals surface area contributed by atoms with Crippen molar-refractivity contribution in [2.45, 2.75) is 62.6 Å². The molecule has 0 unspecified atom stereocenters. The number of carboxylic acid groups (broad SMARTS) is 1. The lowest BCUT2D eigenvalue weighted by atomic mass is 9.75. The quantitative estimate of drug-likeness (QED) is 0.231. The van der Waals surface area contributed by atoms with Crippen molar-refractivity contribution in [1.82, 2.24) is 14.9 Å². The summed E-state index contributed by atoms with van der Waals surface area (Å²) in [4.78, 5) is 40.6. The molecule has 1 fully saturated rings. The topological polar surface area (TPSA) is 142 Å². The van der Waals surface area contributed by atoms with Crippen LogP contribution in [-0.2, 0) is 26.0 Å². The van der Waals surface area contributed by atoms with E-state index < -0.39 is 46.6 Å². The molecular weight excluding hydrogens is 665 g/mol. The molecule has 1 aliphatic heterocycles. The first-order valence-corrected chi connectivity index (χ1v) is 18.1. The molecule has 0 radical (unpaired) electrons. The van der Waals surface area contributed by atoms with Gasteiger partial charge in [0.1, 0.15) is 5.75 Å². The largest absolute Gasteiger partial charge is 0.482 e. The molecule has 3 aromatic carbocycles. The van der Waals surface area contributed by atoms with Gasteiger partial charge in [0, 0.05) is 46.6 Å². The molecule has 13 heteroatoms. The molecule has 2 amide bonds. The average molecular weight is 703 g/mol. The second-order valence-corrected chi connectivity index (χ2v) is 14.6. The second-order valence-electron chi connectivity index (χ2n) is 12.0. The zero-order valence-electron chi connectivity index (χ0n) is 25.8. The maximum absolute atomic E-state index is 14.4. The van der Waals surface area contributed by atoms with E-state index in [4.69, 9.17) is 33.0 Å². The van der Waals surface area contributed by atoms with Crippen LogP contribution in [0.25, 0.3) is 0 Å². The van der Waals surface area contributed by atoms with E-state index in [0.717, 1.165) is 24.7 Å². The summed E-state index contributed by atoms with van der Waals surface area (Å²) >= 11 is 13.1. The number of hydrogen-bond donors (Lipinski definition) is 3. The molecule has 1 aliphatic carbocycles. The van der Waals surface area contributed by atoms with Crippen molar-refractivity contribution < 1.29 is 32.6 Å². The number of carbonyl (C=O) groups excluding carboxylic acids is 2. The summed E-state index contributed by atoms with van der Waals surface area (Å²) in [5.41, 5.74) is 2.67. The SMILES string of the molecule is CS(=O)(=O)N[C@H]1CCCC[C@@H]1N1C(=O)c2ccccc2[C@@H](CC(=O)NCCc2cccc(OCC(=O)O)c2)[C@@H]1c1ccc(Cl)cc1Cl. The zero-order chi connectivity index (χ0) is 33.7. The van der Waals surface area contributed by atoms with E-state index in [1.807, 2.05) is 18.2 Å². The Balaban J connectivity index is 1.46. The molecule has 3 aromatic rings. The Morgan fingerprint density at radius 1 is 1.00 bits per heavy atom. The lowest BCUT2D eigenvalue weighted by Gasteiger charge is -2.49. The van der Waals surface area contributed by atoms with Gasteiger partial charge in [0.2, 0.25) is 15.9 Å². The van der Waals surface area contributed by atoms with E-state index in [9.17, 15) is 22.8 Å². The number of carboxylic acids is 1. The van der Waals surface area contributed by atoms with Crippen molar-refractivity contribution in [1.29, 1.82) is 0 Å². The molecular formula is C34H37Cl2N3O7S. The number of hydrogen-bond acceptors (Lipinski definition) is 6. The Bertz CT molecular complexity index is 1750. The molecule has 3 N–H and O–H groups in total. The van der Waals surface area contributed by atoms with E-state index in [1.54, 1.807) is 53.4 Å². The molecule has 0 bridgehead atoms. The predicted molar refractivity (Wildman–Crippen MR) is 179 cm³/mol. The minimum Gasteiger partial charge on any atom is -0.482 e. The van der Waals surface area contributed by atoms with Crippen LogP contribution in [0, 0.1) is 0 Å². The summed E-state index contributed by atoms with van der Waals surface area (Å²) in [6, 6.07) is 17.7. The predicted octanol–water partition coefficient (Wildman–Crippen LogP) is 5.35. The normalized spacial score (nSPS) is 21.2. The molecule has 0 aromatic heterocycles. The minimum atomic E-state index is -3.57. The average Bonchev–Trinajstić information content (AvgIpc) is 3.01. The third-order valence-corrected chi connectivity index (χ3v) is 9.93. The maximum Gasteiger partial charge on any atom is 0.341 e. The Hall–Kier alpha value is -3.64. The Morgan fingerprint density at radius 3 is 2.51 bits per heavy atom.